The van der Waals surface area contributed by atoms with Gasteiger partial charge in [-0.3, -0.25) is 0 Å². The van der Waals surface area contributed by atoms with Gasteiger partial charge in [-0.1, -0.05) is 35.3 Å². The molecule has 0 aliphatic rings. The third kappa shape index (κ3) is 3.66. The number of hydrogen-bond acceptors (Lipinski definition) is 2. The lowest BCUT2D eigenvalue weighted by Gasteiger charge is -2.15. The van der Waals surface area contributed by atoms with Gasteiger partial charge in [-0.25, -0.2) is 0 Å². The van der Waals surface area contributed by atoms with Crippen LogP contribution >= 0.6 is 35.0 Å². The summed E-state index contributed by atoms with van der Waals surface area (Å²) in [5, 5.41) is 1.68. The highest BCUT2D eigenvalue weighted by molar-refractivity contribution is 7.99. The number of hydrogen-bond donors (Lipinski definition) is 1. The lowest BCUT2D eigenvalue weighted by molar-refractivity contribution is 0.941. The number of nitrogens with two attached hydrogens (primary N) is 1. The van der Waals surface area contributed by atoms with E-state index in [9.17, 15) is 0 Å². The molecule has 1 nitrogen and oxygen atoms in total. The lowest BCUT2D eigenvalue weighted by Crippen LogP contribution is -2.09. The van der Waals surface area contributed by atoms with Crippen molar-refractivity contribution < 1.29 is 0 Å². The first-order chi connectivity index (χ1) is 8.69. The van der Waals surface area contributed by atoms with Gasteiger partial charge in [-0.05, 0) is 42.0 Å². The molecular formula is C14H13Cl2NS. The maximum Gasteiger partial charge on any atom is 0.0467 e. The minimum atomic E-state index is 0.199. The first-order valence-corrected chi connectivity index (χ1v) is 7.20. The van der Waals surface area contributed by atoms with Gasteiger partial charge in [-0.2, -0.15) is 0 Å². The van der Waals surface area contributed by atoms with Crippen molar-refractivity contribution in [3.05, 3.63) is 64.1 Å². The fourth-order valence-corrected chi connectivity index (χ4v) is 2.96. The number of thioether (sulfide) groups is 1. The van der Waals surface area contributed by atoms with Gasteiger partial charge in [0.05, 0.1) is 0 Å². The highest BCUT2D eigenvalue weighted by Crippen LogP contribution is 2.35. The summed E-state index contributed by atoms with van der Waals surface area (Å²) in [5.74, 6) is 0. The van der Waals surface area contributed by atoms with Crippen molar-refractivity contribution in [3.8, 4) is 0 Å². The average Bonchev–Trinajstić information content (AvgIpc) is 2.38. The Morgan fingerprint density at radius 1 is 1.00 bits per heavy atom. The van der Waals surface area contributed by atoms with E-state index in [0.29, 0.717) is 6.54 Å². The average molecular weight is 298 g/mol. The maximum atomic E-state index is 6.00. The van der Waals surface area contributed by atoms with Crippen molar-refractivity contribution in [2.75, 3.05) is 6.54 Å². The predicted molar refractivity (Wildman–Crippen MR) is 80.6 cm³/mol. The first kappa shape index (κ1) is 13.8. The summed E-state index contributed by atoms with van der Waals surface area (Å²) in [4.78, 5) is 1.15. The van der Waals surface area contributed by atoms with E-state index in [1.165, 1.54) is 0 Å². The zero-order chi connectivity index (χ0) is 13.0. The van der Waals surface area contributed by atoms with Crippen molar-refractivity contribution in [3.63, 3.8) is 0 Å². The minimum Gasteiger partial charge on any atom is -0.329 e. The Balaban J connectivity index is 2.17. The zero-order valence-corrected chi connectivity index (χ0v) is 12.0. The lowest BCUT2D eigenvalue weighted by atomic mass is 10.1. The van der Waals surface area contributed by atoms with Crippen LogP contribution in [0.1, 0.15) is 10.8 Å². The molecule has 2 aromatic rings. The molecule has 18 heavy (non-hydrogen) atoms. The molecule has 0 amide bonds. The molecule has 0 aliphatic heterocycles. The Morgan fingerprint density at radius 3 is 2.33 bits per heavy atom. The van der Waals surface area contributed by atoms with Gasteiger partial charge in [0.15, 0.2) is 0 Å². The van der Waals surface area contributed by atoms with Crippen LogP contribution in [-0.4, -0.2) is 6.54 Å². The molecule has 0 spiro atoms. The number of benzene rings is 2. The molecule has 0 saturated carbocycles. The molecule has 94 valence electrons. The molecule has 2 rings (SSSR count). The monoisotopic (exact) mass is 297 g/mol. The standard InChI is InChI=1S/C14H13Cl2NS/c15-11-4-6-13(7-5-11)18-14(9-17)10-2-1-3-12(16)8-10/h1-8,14H,9,17H2. The highest BCUT2D eigenvalue weighted by atomic mass is 35.5. The Hall–Kier alpha value is -0.670. The quantitative estimate of drug-likeness (QED) is 0.822. The Kier molecular flexibility index (Phi) is 4.95. The Morgan fingerprint density at radius 2 is 1.72 bits per heavy atom. The molecule has 0 saturated heterocycles. The van der Waals surface area contributed by atoms with E-state index >= 15 is 0 Å². The van der Waals surface area contributed by atoms with Crippen molar-refractivity contribution in [2.45, 2.75) is 10.1 Å². The Labute approximate surface area is 121 Å². The highest BCUT2D eigenvalue weighted by Gasteiger charge is 2.11. The van der Waals surface area contributed by atoms with Gasteiger partial charge in [0.1, 0.15) is 0 Å². The third-order valence-electron chi connectivity index (χ3n) is 2.53. The summed E-state index contributed by atoms with van der Waals surface area (Å²) >= 11 is 13.6. The van der Waals surface area contributed by atoms with Crippen molar-refractivity contribution in [2.24, 2.45) is 5.73 Å². The smallest absolute Gasteiger partial charge is 0.0467 e. The molecule has 0 bridgehead atoms. The van der Waals surface area contributed by atoms with Crippen LogP contribution in [0.15, 0.2) is 53.4 Å². The van der Waals surface area contributed by atoms with Gasteiger partial charge >= 0.3 is 0 Å². The minimum absolute atomic E-state index is 0.199. The first-order valence-electron chi connectivity index (χ1n) is 5.57. The number of rotatable bonds is 4. The van der Waals surface area contributed by atoms with Crippen molar-refractivity contribution in [1.29, 1.82) is 0 Å². The van der Waals surface area contributed by atoms with Crippen LogP contribution in [0.5, 0.6) is 0 Å². The fraction of sp³-hybridized carbons (Fsp3) is 0.143. The molecule has 0 aromatic heterocycles. The second-order valence-corrected chi connectivity index (χ2v) is 6.00. The van der Waals surface area contributed by atoms with Gasteiger partial charge in [-0.15, -0.1) is 11.8 Å². The SMILES string of the molecule is NCC(Sc1ccc(Cl)cc1)c1cccc(Cl)c1. The van der Waals surface area contributed by atoms with Crippen LogP contribution in [0.4, 0.5) is 0 Å². The largest absolute Gasteiger partial charge is 0.329 e. The van der Waals surface area contributed by atoms with E-state index in [2.05, 4.69) is 0 Å². The van der Waals surface area contributed by atoms with Crippen molar-refractivity contribution >= 4 is 35.0 Å². The summed E-state index contributed by atoms with van der Waals surface area (Å²) in [7, 11) is 0. The van der Waals surface area contributed by atoms with Crippen LogP contribution in [0.3, 0.4) is 0 Å². The molecule has 1 atom stereocenters. The van der Waals surface area contributed by atoms with Crippen LogP contribution in [0, 0.1) is 0 Å². The summed E-state index contributed by atoms with van der Waals surface area (Å²) < 4.78 is 0. The summed E-state index contributed by atoms with van der Waals surface area (Å²) in [6, 6.07) is 15.6. The van der Waals surface area contributed by atoms with Crippen LogP contribution in [-0.2, 0) is 0 Å². The van der Waals surface area contributed by atoms with Crippen LogP contribution in [0.2, 0.25) is 10.0 Å². The molecule has 0 radical (unpaired) electrons. The van der Waals surface area contributed by atoms with E-state index in [1.807, 2.05) is 48.5 Å². The maximum absolute atomic E-state index is 6.00. The zero-order valence-electron chi connectivity index (χ0n) is 9.64. The second-order valence-electron chi connectivity index (χ2n) is 3.85. The van der Waals surface area contributed by atoms with E-state index < -0.39 is 0 Å². The van der Waals surface area contributed by atoms with E-state index in [4.69, 9.17) is 28.9 Å². The molecule has 1 unspecified atom stereocenters. The second kappa shape index (κ2) is 6.48. The molecule has 0 heterocycles. The molecule has 4 heteroatoms. The molecule has 2 aromatic carbocycles. The van der Waals surface area contributed by atoms with Crippen LogP contribution in [0.25, 0.3) is 0 Å². The van der Waals surface area contributed by atoms with Crippen molar-refractivity contribution in [1.82, 2.24) is 0 Å². The molecule has 0 aliphatic carbocycles. The van der Waals surface area contributed by atoms with Gasteiger partial charge in [0.2, 0.25) is 0 Å². The summed E-state index contributed by atoms with van der Waals surface area (Å²) in [5.41, 5.74) is 6.99. The van der Waals surface area contributed by atoms with Gasteiger partial charge < -0.3 is 5.73 Å². The topological polar surface area (TPSA) is 26.0 Å². The normalized spacial score (nSPS) is 12.4. The van der Waals surface area contributed by atoms with E-state index in [0.717, 1.165) is 20.5 Å². The fourth-order valence-electron chi connectivity index (χ4n) is 1.64. The van der Waals surface area contributed by atoms with E-state index in [-0.39, 0.29) is 5.25 Å². The molecular weight excluding hydrogens is 285 g/mol. The third-order valence-corrected chi connectivity index (χ3v) is 4.31. The van der Waals surface area contributed by atoms with E-state index in [1.54, 1.807) is 11.8 Å². The predicted octanol–water partition coefficient (Wildman–Crippen LogP) is 4.79. The van der Waals surface area contributed by atoms with Crippen LogP contribution < -0.4 is 5.73 Å². The molecule has 0 fully saturated rings. The molecule has 2 N–H and O–H groups in total. The number of halogens is 2. The summed E-state index contributed by atoms with van der Waals surface area (Å²) in [6.07, 6.45) is 0. The Bertz CT molecular complexity index is 513. The van der Waals surface area contributed by atoms with Gasteiger partial charge in [0.25, 0.3) is 0 Å². The van der Waals surface area contributed by atoms with Gasteiger partial charge in [0, 0.05) is 26.7 Å². The summed E-state index contributed by atoms with van der Waals surface area (Å²) in [6.45, 7) is 0.563.